The van der Waals surface area contributed by atoms with Gasteiger partial charge in [0.1, 0.15) is 6.04 Å². The van der Waals surface area contributed by atoms with Crippen LogP contribution in [0.1, 0.15) is 32.6 Å². The van der Waals surface area contributed by atoms with Gasteiger partial charge in [-0.25, -0.2) is 9.59 Å². The Kier molecular flexibility index (Phi) is 5.91. The molecule has 0 aromatic carbocycles. The normalized spacial score (nSPS) is 19.0. The lowest BCUT2D eigenvalue weighted by molar-refractivity contribution is -0.141. The highest BCUT2D eigenvalue weighted by Crippen LogP contribution is 2.19. The van der Waals surface area contributed by atoms with Gasteiger partial charge in [0, 0.05) is 19.6 Å². The molecule has 1 heterocycles. The average Bonchev–Trinajstić information content (AvgIpc) is 2.82. The molecule has 6 nitrogen and oxygen atoms in total. The highest BCUT2D eigenvalue weighted by atomic mass is 16.4. The van der Waals surface area contributed by atoms with Gasteiger partial charge >= 0.3 is 12.0 Å². The van der Waals surface area contributed by atoms with Crippen LogP contribution in [0.3, 0.4) is 0 Å². The minimum atomic E-state index is -0.944. The van der Waals surface area contributed by atoms with Gasteiger partial charge in [-0.1, -0.05) is 13.3 Å². The lowest BCUT2D eigenvalue weighted by atomic mass is 10.2. The van der Waals surface area contributed by atoms with Crippen molar-refractivity contribution < 1.29 is 19.8 Å². The Bertz CT molecular complexity index is 296. The summed E-state index contributed by atoms with van der Waals surface area (Å²) in [5.74, 6) is -0.944. The van der Waals surface area contributed by atoms with Gasteiger partial charge in [0.05, 0.1) is 6.61 Å². The first kappa shape index (κ1) is 14.8. The smallest absolute Gasteiger partial charge is 0.326 e. The van der Waals surface area contributed by atoms with Crippen LogP contribution in [-0.4, -0.2) is 64.3 Å². The Balaban J connectivity index is 2.65. The molecule has 2 N–H and O–H groups in total. The molecular formula is C12H22N2O4. The van der Waals surface area contributed by atoms with E-state index in [1.807, 2.05) is 6.92 Å². The molecule has 0 spiro atoms. The van der Waals surface area contributed by atoms with Gasteiger partial charge < -0.3 is 20.0 Å². The number of aliphatic hydroxyl groups excluding tert-OH is 1. The standard InChI is InChI=1S/C12H22N2O4/c1-2-3-6-13(8-9-15)12(18)14-7-4-5-10(14)11(16)17/h10,15H,2-9H2,1H3,(H,16,17). The first-order valence-electron chi connectivity index (χ1n) is 6.51. The molecule has 1 rings (SSSR count). The van der Waals surface area contributed by atoms with Crippen LogP contribution >= 0.6 is 0 Å². The van der Waals surface area contributed by atoms with Crippen LogP contribution in [0, 0.1) is 0 Å². The summed E-state index contributed by atoms with van der Waals surface area (Å²) in [5, 5.41) is 18.0. The van der Waals surface area contributed by atoms with Gasteiger partial charge in [-0.15, -0.1) is 0 Å². The molecule has 1 aliphatic rings. The number of hydrogen-bond donors (Lipinski definition) is 2. The molecule has 0 aliphatic carbocycles. The van der Waals surface area contributed by atoms with Crippen molar-refractivity contribution in [2.75, 3.05) is 26.2 Å². The molecule has 0 aromatic rings. The van der Waals surface area contributed by atoms with Crippen molar-refractivity contribution >= 4 is 12.0 Å². The molecule has 1 aliphatic heterocycles. The van der Waals surface area contributed by atoms with E-state index < -0.39 is 12.0 Å². The number of carboxylic acids is 1. The van der Waals surface area contributed by atoms with Crippen LogP contribution in [0.4, 0.5) is 4.79 Å². The van der Waals surface area contributed by atoms with Crippen LogP contribution in [-0.2, 0) is 4.79 Å². The van der Waals surface area contributed by atoms with Gasteiger partial charge in [0.2, 0.25) is 0 Å². The Morgan fingerprint density at radius 3 is 2.67 bits per heavy atom. The lowest BCUT2D eigenvalue weighted by Gasteiger charge is -2.29. The van der Waals surface area contributed by atoms with Crippen LogP contribution in [0.2, 0.25) is 0 Å². The maximum absolute atomic E-state index is 12.2. The molecular weight excluding hydrogens is 236 g/mol. The highest BCUT2D eigenvalue weighted by molar-refractivity contribution is 5.83. The van der Waals surface area contributed by atoms with Crippen molar-refractivity contribution in [1.29, 1.82) is 0 Å². The van der Waals surface area contributed by atoms with Crippen molar-refractivity contribution in [1.82, 2.24) is 9.80 Å². The summed E-state index contributed by atoms with van der Waals surface area (Å²) in [5.41, 5.74) is 0. The number of carboxylic acid groups (broad SMARTS) is 1. The van der Waals surface area contributed by atoms with Crippen molar-refractivity contribution in [2.45, 2.75) is 38.6 Å². The van der Waals surface area contributed by atoms with Crippen LogP contribution in [0.5, 0.6) is 0 Å². The Morgan fingerprint density at radius 1 is 1.39 bits per heavy atom. The Hall–Kier alpha value is -1.30. The van der Waals surface area contributed by atoms with E-state index in [1.165, 1.54) is 4.90 Å². The number of hydrogen-bond acceptors (Lipinski definition) is 3. The van der Waals surface area contributed by atoms with Gasteiger partial charge in [0.25, 0.3) is 0 Å². The van der Waals surface area contributed by atoms with Crippen LogP contribution in [0.15, 0.2) is 0 Å². The zero-order valence-corrected chi connectivity index (χ0v) is 10.8. The molecule has 104 valence electrons. The average molecular weight is 258 g/mol. The van der Waals surface area contributed by atoms with E-state index >= 15 is 0 Å². The van der Waals surface area contributed by atoms with E-state index in [9.17, 15) is 9.59 Å². The fourth-order valence-corrected chi connectivity index (χ4v) is 2.21. The molecule has 1 saturated heterocycles. The minimum absolute atomic E-state index is 0.0962. The van der Waals surface area contributed by atoms with Gasteiger partial charge in [-0.05, 0) is 19.3 Å². The predicted molar refractivity (Wildman–Crippen MR) is 66.3 cm³/mol. The molecule has 1 atom stereocenters. The monoisotopic (exact) mass is 258 g/mol. The SMILES string of the molecule is CCCCN(CCO)C(=O)N1CCCC1C(=O)O. The number of carbonyl (C=O) groups excluding carboxylic acids is 1. The minimum Gasteiger partial charge on any atom is -0.480 e. The van der Waals surface area contributed by atoms with E-state index in [2.05, 4.69) is 0 Å². The topological polar surface area (TPSA) is 81.1 Å². The first-order chi connectivity index (χ1) is 8.61. The fraction of sp³-hybridized carbons (Fsp3) is 0.833. The molecule has 1 fully saturated rings. The molecule has 1 unspecified atom stereocenters. The number of nitrogens with zero attached hydrogens (tertiary/aromatic N) is 2. The number of rotatable bonds is 6. The third kappa shape index (κ3) is 3.60. The van der Waals surface area contributed by atoms with Crippen LogP contribution in [0.25, 0.3) is 0 Å². The van der Waals surface area contributed by atoms with Crippen molar-refractivity contribution in [2.24, 2.45) is 0 Å². The van der Waals surface area contributed by atoms with Gasteiger partial charge in [-0.2, -0.15) is 0 Å². The Labute approximate surface area is 107 Å². The van der Waals surface area contributed by atoms with Crippen molar-refractivity contribution in [3.8, 4) is 0 Å². The summed E-state index contributed by atoms with van der Waals surface area (Å²) in [6, 6.07) is -0.970. The third-order valence-electron chi connectivity index (χ3n) is 3.21. The maximum Gasteiger partial charge on any atom is 0.326 e. The predicted octanol–water partition coefficient (Wildman–Crippen LogP) is 0.750. The molecule has 6 heteroatoms. The summed E-state index contributed by atoms with van der Waals surface area (Å²) in [7, 11) is 0. The second-order valence-electron chi connectivity index (χ2n) is 4.54. The van der Waals surface area contributed by atoms with Gasteiger partial charge in [0.15, 0.2) is 0 Å². The van der Waals surface area contributed by atoms with Crippen LogP contribution < -0.4 is 0 Å². The van der Waals surface area contributed by atoms with E-state index in [-0.39, 0.29) is 19.2 Å². The number of carbonyl (C=O) groups is 2. The summed E-state index contributed by atoms with van der Waals surface area (Å²) in [6.45, 7) is 3.25. The molecule has 0 saturated carbocycles. The van der Waals surface area contributed by atoms with E-state index in [0.717, 1.165) is 19.3 Å². The van der Waals surface area contributed by atoms with Crippen molar-refractivity contribution in [3.05, 3.63) is 0 Å². The number of urea groups is 1. The van der Waals surface area contributed by atoms with E-state index in [1.54, 1.807) is 4.90 Å². The summed E-state index contributed by atoms with van der Waals surface area (Å²) < 4.78 is 0. The summed E-state index contributed by atoms with van der Waals surface area (Å²) >= 11 is 0. The molecule has 2 amide bonds. The fourth-order valence-electron chi connectivity index (χ4n) is 2.21. The second-order valence-corrected chi connectivity index (χ2v) is 4.54. The lowest BCUT2D eigenvalue weighted by Crippen LogP contribution is -2.49. The zero-order valence-electron chi connectivity index (χ0n) is 10.8. The largest absolute Gasteiger partial charge is 0.480 e. The maximum atomic E-state index is 12.2. The third-order valence-corrected chi connectivity index (χ3v) is 3.21. The molecule has 0 bridgehead atoms. The van der Waals surface area contributed by atoms with E-state index in [0.29, 0.717) is 19.5 Å². The number of aliphatic hydroxyl groups is 1. The molecule has 18 heavy (non-hydrogen) atoms. The second kappa shape index (κ2) is 7.20. The molecule has 0 radical (unpaired) electrons. The Morgan fingerprint density at radius 2 is 2.11 bits per heavy atom. The van der Waals surface area contributed by atoms with E-state index in [4.69, 9.17) is 10.2 Å². The quantitative estimate of drug-likeness (QED) is 0.736. The number of likely N-dealkylation sites (tertiary alicyclic amines) is 1. The molecule has 0 aromatic heterocycles. The summed E-state index contributed by atoms with van der Waals surface area (Å²) in [4.78, 5) is 26.2. The number of amides is 2. The number of aliphatic carboxylic acids is 1. The summed E-state index contributed by atoms with van der Waals surface area (Å²) in [6.07, 6.45) is 3.06. The van der Waals surface area contributed by atoms with Crippen molar-refractivity contribution in [3.63, 3.8) is 0 Å². The van der Waals surface area contributed by atoms with Gasteiger partial charge in [-0.3, -0.25) is 0 Å². The zero-order chi connectivity index (χ0) is 13.5. The highest BCUT2D eigenvalue weighted by Gasteiger charge is 2.35. The first-order valence-corrected chi connectivity index (χ1v) is 6.51. The number of unbranched alkanes of at least 4 members (excludes halogenated alkanes) is 1.